The summed E-state index contributed by atoms with van der Waals surface area (Å²) >= 11 is 0. The molecule has 0 aromatic heterocycles. The quantitative estimate of drug-likeness (QED) is 0.589. The molecular formula is C12H20NO4P. The molecule has 0 bridgehead atoms. The average molecular weight is 273 g/mol. The minimum Gasteiger partial charge on any atom is -0.316 e. The third kappa shape index (κ3) is 3.64. The number of nitrogens with one attached hydrogen (secondary N) is 1. The number of benzene rings is 1. The summed E-state index contributed by atoms with van der Waals surface area (Å²) in [5.74, 6) is -0.877. The molecule has 1 aromatic rings. The topological polar surface area (TPSA) is 67.8 Å². The molecule has 0 spiro atoms. The molecule has 2 N–H and O–H groups in total. The summed E-state index contributed by atoms with van der Waals surface area (Å²) in [7, 11) is -3.43. The molecule has 1 aromatic carbocycles. The monoisotopic (exact) mass is 273 g/mol. The molecule has 5 nitrogen and oxygen atoms in total. The van der Waals surface area contributed by atoms with Gasteiger partial charge in [-0.3, -0.25) is 4.57 Å². The van der Waals surface area contributed by atoms with Crippen LogP contribution in [-0.2, 0) is 13.6 Å². The van der Waals surface area contributed by atoms with Crippen LogP contribution in [0.3, 0.4) is 0 Å². The average Bonchev–Trinajstić information content (AvgIpc) is 2.33. The Morgan fingerprint density at radius 2 is 1.72 bits per heavy atom. The normalized spacial score (nSPS) is 13.6. The molecule has 0 saturated heterocycles. The van der Waals surface area contributed by atoms with Crippen LogP contribution in [0.25, 0.3) is 0 Å². The van der Waals surface area contributed by atoms with E-state index in [4.69, 9.17) is 9.05 Å². The first kappa shape index (κ1) is 15.3. The lowest BCUT2D eigenvalue weighted by molar-refractivity contribution is 0.125. The summed E-state index contributed by atoms with van der Waals surface area (Å²) in [4.78, 5) is 0. The third-order valence-electron chi connectivity index (χ3n) is 2.45. The lowest BCUT2D eigenvalue weighted by Gasteiger charge is -2.25. The van der Waals surface area contributed by atoms with Gasteiger partial charge in [-0.05, 0) is 26.3 Å². The molecule has 0 fully saturated rings. The molecule has 0 aliphatic heterocycles. The molecule has 0 aliphatic rings. The highest BCUT2D eigenvalue weighted by molar-refractivity contribution is 7.54. The van der Waals surface area contributed by atoms with E-state index in [0.717, 1.165) is 5.56 Å². The smallest absolute Gasteiger partial charge is 0.316 e. The van der Waals surface area contributed by atoms with Crippen molar-refractivity contribution in [2.75, 3.05) is 13.2 Å². The van der Waals surface area contributed by atoms with E-state index in [2.05, 4.69) is 0 Å². The van der Waals surface area contributed by atoms with Crippen LogP contribution in [0.1, 0.15) is 30.8 Å². The van der Waals surface area contributed by atoms with Gasteiger partial charge in [-0.2, -0.15) is 5.48 Å². The van der Waals surface area contributed by atoms with Gasteiger partial charge in [0.1, 0.15) is 0 Å². The highest BCUT2D eigenvalue weighted by atomic mass is 31.2. The van der Waals surface area contributed by atoms with Gasteiger partial charge in [-0.25, -0.2) is 0 Å². The van der Waals surface area contributed by atoms with E-state index in [9.17, 15) is 9.77 Å². The summed E-state index contributed by atoms with van der Waals surface area (Å²) in [5, 5.41) is 9.26. The van der Waals surface area contributed by atoms with Crippen molar-refractivity contribution in [1.82, 2.24) is 5.48 Å². The van der Waals surface area contributed by atoms with Crippen molar-refractivity contribution in [1.29, 1.82) is 0 Å². The molecule has 0 saturated carbocycles. The van der Waals surface area contributed by atoms with Crippen molar-refractivity contribution in [2.45, 2.75) is 26.6 Å². The SMILES string of the molecule is CCOP(=O)(OCC)C(NO)c1ccc(C)cc1. The van der Waals surface area contributed by atoms with E-state index in [1.807, 2.05) is 24.5 Å². The van der Waals surface area contributed by atoms with Crippen LogP contribution in [-0.4, -0.2) is 18.4 Å². The molecule has 1 unspecified atom stereocenters. The Balaban J connectivity index is 3.05. The zero-order chi connectivity index (χ0) is 13.6. The number of aryl methyl sites for hydroxylation is 1. The first-order valence-electron chi connectivity index (χ1n) is 5.92. The van der Waals surface area contributed by atoms with Gasteiger partial charge in [0.25, 0.3) is 0 Å². The van der Waals surface area contributed by atoms with Crippen LogP contribution in [0, 0.1) is 6.92 Å². The molecular weight excluding hydrogens is 253 g/mol. The number of hydrogen-bond acceptors (Lipinski definition) is 5. The Morgan fingerprint density at radius 1 is 1.22 bits per heavy atom. The number of rotatable bonds is 7. The zero-order valence-corrected chi connectivity index (χ0v) is 11.8. The highest BCUT2D eigenvalue weighted by Gasteiger charge is 2.36. The lowest BCUT2D eigenvalue weighted by Crippen LogP contribution is -2.20. The molecule has 6 heteroatoms. The molecule has 102 valence electrons. The second-order valence-electron chi connectivity index (χ2n) is 3.82. The molecule has 0 radical (unpaired) electrons. The van der Waals surface area contributed by atoms with Crippen LogP contribution in [0.4, 0.5) is 0 Å². The molecule has 1 rings (SSSR count). The Morgan fingerprint density at radius 3 is 2.11 bits per heavy atom. The second-order valence-corrected chi connectivity index (χ2v) is 5.93. The van der Waals surface area contributed by atoms with Gasteiger partial charge < -0.3 is 14.3 Å². The number of hydrogen-bond donors (Lipinski definition) is 2. The van der Waals surface area contributed by atoms with Gasteiger partial charge in [0.2, 0.25) is 0 Å². The Bertz CT molecular complexity index is 397. The molecule has 0 amide bonds. The van der Waals surface area contributed by atoms with Crippen molar-refractivity contribution in [3.63, 3.8) is 0 Å². The van der Waals surface area contributed by atoms with Gasteiger partial charge >= 0.3 is 7.60 Å². The van der Waals surface area contributed by atoms with Crippen molar-refractivity contribution in [3.8, 4) is 0 Å². The molecule has 18 heavy (non-hydrogen) atoms. The van der Waals surface area contributed by atoms with Gasteiger partial charge in [-0.1, -0.05) is 29.8 Å². The third-order valence-corrected chi connectivity index (χ3v) is 4.73. The van der Waals surface area contributed by atoms with E-state index < -0.39 is 13.4 Å². The van der Waals surface area contributed by atoms with Crippen molar-refractivity contribution in [2.24, 2.45) is 0 Å². The standard InChI is InChI=1S/C12H20NO4P/c1-4-16-18(15,17-5-2)12(13-14)11-8-6-10(3)7-9-11/h6-9,12-14H,4-5H2,1-3H3. The summed E-state index contributed by atoms with van der Waals surface area (Å²) in [5.41, 5.74) is 3.78. The number of hydroxylamine groups is 1. The Hall–Kier alpha value is -0.710. The zero-order valence-electron chi connectivity index (χ0n) is 10.9. The maximum Gasteiger partial charge on any atom is 0.354 e. The first-order chi connectivity index (χ1) is 8.57. The summed E-state index contributed by atoms with van der Waals surface area (Å²) in [6, 6.07) is 7.33. The molecule has 0 heterocycles. The fourth-order valence-corrected chi connectivity index (χ4v) is 3.39. The van der Waals surface area contributed by atoms with E-state index in [1.54, 1.807) is 26.0 Å². The minimum atomic E-state index is -3.43. The van der Waals surface area contributed by atoms with Gasteiger partial charge in [0, 0.05) is 0 Å². The van der Waals surface area contributed by atoms with E-state index in [0.29, 0.717) is 5.56 Å². The van der Waals surface area contributed by atoms with Crippen LogP contribution in [0.15, 0.2) is 24.3 Å². The van der Waals surface area contributed by atoms with Gasteiger partial charge in [0.05, 0.1) is 13.2 Å². The van der Waals surface area contributed by atoms with Crippen LogP contribution in [0.5, 0.6) is 0 Å². The van der Waals surface area contributed by atoms with Crippen molar-refractivity contribution in [3.05, 3.63) is 35.4 Å². The summed E-state index contributed by atoms with van der Waals surface area (Å²) < 4.78 is 23.0. The van der Waals surface area contributed by atoms with E-state index in [1.165, 1.54) is 0 Å². The van der Waals surface area contributed by atoms with Gasteiger partial charge in [-0.15, -0.1) is 0 Å². The second kappa shape index (κ2) is 7.02. The molecule has 1 atom stereocenters. The van der Waals surface area contributed by atoms with Crippen LogP contribution < -0.4 is 5.48 Å². The van der Waals surface area contributed by atoms with Crippen LogP contribution in [0.2, 0.25) is 0 Å². The summed E-state index contributed by atoms with van der Waals surface area (Å²) in [6.07, 6.45) is 0. The molecule has 0 aliphatic carbocycles. The Kier molecular flexibility index (Phi) is 5.99. The summed E-state index contributed by atoms with van der Waals surface area (Å²) in [6.45, 7) is 5.92. The Labute approximate surface area is 108 Å². The maximum absolute atomic E-state index is 12.6. The lowest BCUT2D eigenvalue weighted by atomic mass is 10.1. The van der Waals surface area contributed by atoms with E-state index >= 15 is 0 Å². The van der Waals surface area contributed by atoms with Crippen molar-refractivity contribution < 1.29 is 18.8 Å². The maximum atomic E-state index is 12.6. The minimum absolute atomic E-state index is 0.251. The highest BCUT2D eigenvalue weighted by Crippen LogP contribution is 2.59. The van der Waals surface area contributed by atoms with Crippen LogP contribution >= 0.6 is 7.60 Å². The predicted octanol–water partition coefficient (Wildman–Crippen LogP) is 3.24. The van der Waals surface area contributed by atoms with Gasteiger partial charge in [0.15, 0.2) is 5.78 Å². The van der Waals surface area contributed by atoms with Crippen molar-refractivity contribution >= 4 is 7.60 Å². The largest absolute Gasteiger partial charge is 0.354 e. The predicted molar refractivity (Wildman–Crippen MR) is 69.7 cm³/mol. The fourth-order valence-electron chi connectivity index (χ4n) is 1.62. The fraction of sp³-hybridized carbons (Fsp3) is 0.500. The first-order valence-corrected chi connectivity index (χ1v) is 7.53. The van der Waals surface area contributed by atoms with E-state index in [-0.39, 0.29) is 13.2 Å².